The summed E-state index contributed by atoms with van der Waals surface area (Å²) < 4.78 is 31.2. The SMILES string of the molecule is CN1CC2(CCN(S(=O)(=O)c3ccns3)CC2)c2ccccc21. The van der Waals surface area contributed by atoms with E-state index in [0.717, 1.165) is 30.9 Å². The molecule has 0 unspecified atom stereocenters. The van der Waals surface area contributed by atoms with Crippen LogP contribution in [0, 0.1) is 0 Å². The van der Waals surface area contributed by atoms with Crippen LogP contribution in [0.25, 0.3) is 0 Å². The number of sulfonamides is 1. The zero-order chi connectivity index (χ0) is 16.1. The van der Waals surface area contributed by atoms with Gasteiger partial charge in [0.25, 0.3) is 10.0 Å². The molecule has 7 heteroatoms. The Hall–Kier alpha value is -1.44. The third-order valence-electron chi connectivity index (χ3n) is 5.11. The molecule has 5 nitrogen and oxygen atoms in total. The number of nitrogens with zero attached hydrogens (tertiary/aromatic N) is 3. The molecule has 0 amide bonds. The highest BCUT2D eigenvalue weighted by Crippen LogP contribution is 2.46. The fraction of sp³-hybridized carbons (Fsp3) is 0.438. The van der Waals surface area contributed by atoms with Gasteiger partial charge in [-0.25, -0.2) is 8.42 Å². The van der Waals surface area contributed by atoms with Gasteiger partial charge in [0.1, 0.15) is 0 Å². The molecule has 122 valence electrons. The molecule has 1 fully saturated rings. The first-order valence-electron chi connectivity index (χ1n) is 7.74. The molecule has 0 N–H and O–H groups in total. The third kappa shape index (κ3) is 2.29. The van der Waals surface area contributed by atoms with Crippen LogP contribution in [0.5, 0.6) is 0 Å². The van der Waals surface area contributed by atoms with Gasteiger partial charge in [0, 0.05) is 44.0 Å². The number of rotatable bonds is 2. The van der Waals surface area contributed by atoms with E-state index in [1.807, 2.05) is 0 Å². The van der Waals surface area contributed by atoms with Gasteiger partial charge < -0.3 is 4.90 Å². The van der Waals surface area contributed by atoms with Crippen molar-refractivity contribution in [2.75, 3.05) is 31.6 Å². The van der Waals surface area contributed by atoms with Crippen molar-refractivity contribution in [1.29, 1.82) is 0 Å². The molecule has 0 saturated carbocycles. The highest BCUT2D eigenvalue weighted by Gasteiger charge is 2.45. The molecular weight excluding hydrogens is 330 g/mol. The summed E-state index contributed by atoms with van der Waals surface area (Å²) in [7, 11) is -1.26. The number of anilines is 1. The Bertz CT molecular complexity index is 810. The molecule has 2 aliphatic rings. The van der Waals surface area contributed by atoms with Crippen LogP contribution in [0.2, 0.25) is 0 Å². The van der Waals surface area contributed by atoms with Gasteiger partial charge in [-0.05, 0) is 42.1 Å². The summed E-state index contributed by atoms with van der Waals surface area (Å²) in [4.78, 5) is 2.29. The summed E-state index contributed by atoms with van der Waals surface area (Å²) in [6, 6.07) is 10.1. The number of para-hydroxylation sites is 1. The van der Waals surface area contributed by atoms with Crippen LogP contribution in [0.15, 0.2) is 40.7 Å². The fourth-order valence-electron chi connectivity index (χ4n) is 3.93. The van der Waals surface area contributed by atoms with E-state index in [2.05, 4.69) is 40.6 Å². The van der Waals surface area contributed by atoms with Gasteiger partial charge in [-0.3, -0.25) is 0 Å². The fourth-order valence-corrected chi connectivity index (χ4v) is 6.25. The lowest BCUT2D eigenvalue weighted by molar-refractivity contribution is 0.245. The second-order valence-corrected chi connectivity index (χ2v) is 9.39. The first kappa shape index (κ1) is 15.1. The smallest absolute Gasteiger partial charge is 0.254 e. The van der Waals surface area contributed by atoms with Crippen molar-refractivity contribution in [2.45, 2.75) is 22.5 Å². The van der Waals surface area contributed by atoms with Crippen molar-refractivity contribution >= 4 is 27.2 Å². The maximum Gasteiger partial charge on any atom is 0.254 e. The number of piperidine rings is 1. The zero-order valence-electron chi connectivity index (χ0n) is 13.0. The minimum absolute atomic E-state index is 0.0884. The summed E-state index contributed by atoms with van der Waals surface area (Å²) in [5.74, 6) is 0. The minimum atomic E-state index is -3.38. The van der Waals surface area contributed by atoms with Gasteiger partial charge in [-0.15, -0.1) is 0 Å². The lowest BCUT2D eigenvalue weighted by atomic mass is 9.75. The molecule has 1 saturated heterocycles. The van der Waals surface area contributed by atoms with Crippen LogP contribution in [-0.2, 0) is 15.4 Å². The van der Waals surface area contributed by atoms with Crippen molar-refractivity contribution < 1.29 is 8.42 Å². The highest BCUT2D eigenvalue weighted by atomic mass is 32.2. The van der Waals surface area contributed by atoms with E-state index in [0.29, 0.717) is 17.3 Å². The molecule has 1 spiro atoms. The number of fused-ring (bicyclic) bond motifs is 2. The van der Waals surface area contributed by atoms with Gasteiger partial charge in [-0.1, -0.05) is 18.2 Å². The van der Waals surface area contributed by atoms with Gasteiger partial charge in [0.2, 0.25) is 0 Å². The predicted octanol–water partition coefficient (Wildman–Crippen LogP) is 2.32. The molecule has 2 aliphatic heterocycles. The Morgan fingerprint density at radius 3 is 2.61 bits per heavy atom. The average molecular weight is 349 g/mol. The van der Waals surface area contributed by atoms with Crippen molar-refractivity contribution in [2.24, 2.45) is 0 Å². The lowest BCUT2D eigenvalue weighted by Gasteiger charge is -2.38. The number of hydrogen-bond donors (Lipinski definition) is 0. The van der Waals surface area contributed by atoms with Crippen molar-refractivity contribution in [3.8, 4) is 0 Å². The monoisotopic (exact) mass is 349 g/mol. The van der Waals surface area contributed by atoms with Crippen molar-refractivity contribution in [3.63, 3.8) is 0 Å². The summed E-state index contributed by atoms with van der Waals surface area (Å²) in [6.45, 7) is 2.12. The Morgan fingerprint density at radius 1 is 1.17 bits per heavy atom. The van der Waals surface area contributed by atoms with Crippen LogP contribution < -0.4 is 4.90 Å². The van der Waals surface area contributed by atoms with Gasteiger partial charge in [0.15, 0.2) is 4.21 Å². The van der Waals surface area contributed by atoms with Gasteiger partial charge >= 0.3 is 0 Å². The molecule has 23 heavy (non-hydrogen) atoms. The minimum Gasteiger partial charge on any atom is -0.373 e. The summed E-state index contributed by atoms with van der Waals surface area (Å²) >= 11 is 1.05. The number of benzene rings is 1. The summed E-state index contributed by atoms with van der Waals surface area (Å²) in [5, 5.41) is 0. The maximum absolute atomic E-state index is 12.6. The summed E-state index contributed by atoms with van der Waals surface area (Å²) in [6.07, 6.45) is 3.28. The molecule has 0 aliphatic carbocycles. The average Bonchev–Trinajstić information content (AvgIpc) is 3.18. The highest BCUT2D eigenvalue weighted by molar-refractivity contribution is 7.91. The van der Waals surface area contributed by atoms with Crippen LogP contribution in [0.1, 0.15) is 18.4 Å². The standard InChI is InChI=1S/C16H19N3O2S2/c1-18-12-16(13-4-2-3-5-14(13)18)7-10-19(11-8-16)23(20,21)15-6-9-17-22-15/h2-6,9H,7-8,10-12H2,1H3. The van der Waals surface area contributed by atoms with E-state index in [4.69, 9.17) is 0 Å². The van der Waals surface area contributed by atoms with E-state index >= 15 is 0 Å². The molecule has 4 rings (SSSR count). The van der Waals surface area contributed by atoms with E-state index in [-0.39, 0.29) is 5.41 Å². The third-order valence-corrected chi connectivity index (χ3v) is 8.20. The molecule has 0 radical (unpaired) electrons. The van der Waals surface area contributed by atoms with E-state index in [1.54, 1.807) is 16.6 Å². The lowest BCUT2D eigenvalue weighted by Crippen LogP contribution is -2.46. The van der Waals surface area contributed by atoms with Crippen molar-refractivity contribution in [1.82, 2.24) is 8.68 Å². The molecule has 2 aromatic rings. The normalized spacial score (nSPS) is 20.8. The summed E-state index contributed by atoms with van der Waals surface area (Å²) in [5.41, 5.74) is 2.74. The first-order chi connectivity index (χ1) is 11.0. The Labute approximate surface area is 140 Å². The van der Waals surface area contributed by atoms with E-state index in [9.17, 15) is 8.42 Å². The van der Waals surface area contributed by atoms with Gasteiger partial charge in [-0.2, -0.15) is 8.68 Å². The quantitative estimate of drug-likeness (QED) is 0.835. The van der Waals surface area contributed by atoms with E-state index < -0.39 is 10.0 Å². The molecular formula is C16H19N3O2S2. The first-order valence-corrected chi connectivity index (χ1v) is 9.96. The van der Waals surface area contributed by atoms with Crippen LogP contribution >= 0.6 is 11.5 Å². The van der Waals surface area contributed by atoms with Crippen LogP contribution in [-0.4, -0.2) is 43.8 Å². The number of aromatic nitrogens is 1. The number of hydrogen-bond acceptors (Lipinski definition) is 5. The second-order valence-electron chi connectivity index (χ2n) is 6.39. The second kappa shape index (κ2) is 5.29. The molecule has 0 atom stereocenters. The molecule has 1 aromatic heterocycles. The Morgan fingerprint density at radius 2 is 1.91 bits per heavy atom. The number of likely N-dealkylation sites (N-methyl/N-ethyl adjacent to an activating group) is 1. The Kier molecular flexibility index (Phi) is 3.48. The predicted molar refractivity (Wildman–Crippen MR) is 91.5 cm³/mol. The van der Waals surface area contributed by atoms with Crippen LogP contribution in [0.4, 0.5) is 5.69 Å². The van der Waals surface area contributed by atoms with Gasteiger partial charge in [0.05, 0.1) is 0 Å². The largest absolute Gasteiger partial charge is 0.373 e. The maximum atomic E-state index is 12.6. The van der Waals surface area contributed by atoms with E-state index in [1.165, 1.54) is 11.3 Å². The van der Waals surface area contributed by atoms with Crippen LogP contribution in [0.3, 0.4) is 0 Å². The zero-order valence-corrected chi connectivity index (χ0v) is 14.6. The Balaban J connectivity index is 1.59. The molecule has 3 heterocycles. The topological polar surface area (TPSA) is 53.5 Å². The van der Waals surface area contributed by atoms with Crippen molar-refractivity contribution in [3.05, 3.63) is 42.1 Å². The molecule has 0 bridgehead atoms. The molecule has 1 aromatic carbocycles.